The lowest BCUT2D eigenvalue weighted by Crippen LogP contribution is -2.38. The number of hydrogen-bond donors (Lipinski definition) is 0. The number of hydrogen-bond acceptors (Lipinski definition) is 3. The molecule has 0 spiro atoms. The van der Waals surface area contributed by atoms with Crippen LogP contribution in [-0.2, 0) is 9.47 Å². The SMILES string of the molecule is Cl.c1ccc(C(C2COCOC2)N2CCCC2)cc1. The summed E-state index contributed by atoms with van der Waals surface area (Å²) in [5.74, 6) is 0.458. The van der Waals surface area contributed by atoms with Gasteiger partial charge in [-0.1, -0.05) is 30.3 Å². The van der Waals surface area contributed by atoms with Crippen LogP contribution in [0.2, 0.25) is 0 Å². The summed E-state index contributed by atoms with van der Waals surface area (Å²) in [6.45, 7) is 4.50. The lowest BCUT2D eigenvalue weighted by molar-refractivity contribution is -0.140. The minimum Gasteiger partial charge on any atom is -0.355 e. The molecule has 0 bridgehead atoms. The van der Waals surface area contributed by atoms with Gasteiger partial charge in [0.05, 0.1) is 13.2 Å². The summed E-state index contributed by atoms with van der Waals surface area (Å²) in [5.41, 5.74) is 1.40. The van der Waals surface area contributed by atoms with E-state index in [1.807, 2.05) is 0 Å². The number of halogens is 1. The molecule has 0 radical (unpaired) electrons. The number of likely N-dealkylation sites (tertiary alicyclic amines) is 1. The molecule has 1 unspecified atom stereocenters. The molecule has 3 nitrogen and oxygen atoms in total. The Morgan fingerprint density at radius 3 is 2.26 bits per heavy atom. The van der Waals surface area contributed by atoms with Crippen molar-refractivity contribution in [1.29, 1.82) is 0 Å². The summed E-state index contributed by atoms with van der Waals surface area (Å²) >= 11 is 0. The van der Waals surface area contributed by atoms with E-state index in [4.69, 9.17) is 9.47 Å². The van der Waals surface area contributed by atoms with Crippen molar-refractivity contribution in [2.45, 2.75) is 18.9 Å². The minimum atomic E-state index is 0. The Labute approximate surface area is 121 Å². The third-order valence-electron chi connectivity index (χ3n) is 3.95. The van der Waals surface area contributed by atoms with Crippen LogP contribution in [0.5, 0.6) is 0 Å². The van der Waals surface area contributed by atoms with Crippen molar-refractivity contribution in [3.63, 3.8) is 0 Å². The van der Waals surface area contributed by atoms with E-state index in [0.29, 0.717) is 18.8 Å². The van der Waals surface area contributed by atoms with Crippen LogP contribution >= 0.6 is 12.4 Å². The van der Waals surface area contributed by atoms with Crippen molar-refractivity contribution in [2.75, 3.05) is 33.1 Å². The van der Waals surface area contributed by atoms with Crippen molar-refractivity contribution >= 4 is 12.4 Å². The summed E-state index contributed by atoms with van der Waals surface area (Å²) < 4.78 is 11.0. The zero-order chi connectivity index (χ0) is 12.2. The molecule has 1 aromatic rings. The van der Waals surface area contributed by atoms with Gasteiger partial charge in [0.25, 0.3) is 0 Å². The first-order valence-electron chi connectivity index (χ1n) is 6.89. The van der Waals surface area contributed by atoms with E-state index in [1.165, 1.54) is 31.5 Å². The number of benzene rings is 1. The number of rotatable bonds is 3. The van der Waals surface area contributed by atoms with Gasteiger partial charge >= 0.3 is 0 Å². The second kappa shape index (κ2) is 7.25. The average molecular weight is 284 g/mol. The van der Waals surface area contributed by atoms with Gasteiger partial charge in [-0.25, -0.2) is 0 Å². The van der Waals surface area contributed by atoms with Gasteiger partial charge in [0, 0.05) is 12.0 Å². The maximum Gasteiger partial charge on any atom is 0.146 e. The van der Waals surface area contributed by atoms with Gasteiger partial charge < -0.3 is 9.47 Å². The van der Waals surface area contributed by atoms with Gasteiger partial charge in [-0.3, -0.25) is 4.90 Å². The van der Waals surface area contributed by atoms with Gasteiger partial charge in [0.2, 0.25) is 0 Å². The molecule has 1 aromatic carbocycles. The van der Waals surface area contributed by atoms with Crippen LogP contribution in [0.4, 0.5) is 0 Å². The molecule has 0 aliphatic carbocycles. The van der Waals surface area contributed by atoms with E-state index >= 15 is 0 Å². The third kappa shape index (κ3) is 3.48. The third-order valence-corrected chi connectivity index (χ3v) is 3.95. The number of nitrogens with zero attached hydrogens (tertiary/aromatic N) is 1. The topological polar surface area (TPSA) is 21.7 Å². The molecule has 0 aromatic heterocycles. The first-order valence-corrected chi connectivity index (χ1v) is 6.89. The highest BCUT2D eigenvalue weighted by Gasteiger charge is 2.32. The van der Waals surface area contributed by atoms with Crippen molar-refractivity contribution in [1.82, 2.24) is 4.90 Å². The van der Waals surface area contributed by atoms with Crippen LogP contribution in [0.3, 0.4) is 0 Å². The number of ether oxygens (including phenoxy) is 2. The Morgan fingerprint density at radius 2 is 1.63 bits per heavy atom. The van der Waals surface area contributed by atoms with Gasteiger partial charge in [-0.2, -0.15) is 0 Å². The summed E-state index contributed by atoms with van der Waals surface area (Å²) in [5, 5.41) is 0. The van der Waals surface area contributed by atoms with E-state index < -0.39 is 0 Å². The maximum absolute atomic E-state index is 5.50. The fourth-order valence-electron chi connectivity index (χ4n) is 3.14. The summed E-state index contributed by atoms with van der Waals surface area (Å²) in [4.78, 5) is 2.60. The molecule has 2 heterocycles. The smallest absolute Gasteiger partial charge is 0.146 e. The highest BCUT2D eigenvalue weighted by molar-refractivity contribution is 5.85. The zero-order valence-corrected chi connectivity index (χ0v) is 12.0. The summed E-state index contributed by atoms with van der Waals surface area (Å²) in [6.07, 6.45) is 2.63. The van der Waals surface area contributed by atoms with E-state index in [1.54, 1.807) is 0 Å². The highest BCUT2D eigenvalue weighted by Crippen LogP contribution is 2.33. The maximum atomic E-state index is 5.50. The predicted octanol–water partition coefficient (Wildman–Crippen LogP) is 2.87. The quantitative estimate of drug-likeness (QED) is 0.851. The fourth-order valence-corrected chi connectivity index (χ4v) is 3.14. The lowest BCUT2D eigenvalue weighted by atomic mass is 9.92. The van der Waals surface area contributed by atoms with Gasteiger partial charge in [0.1, 0.15) is 6.79 Å². The lowest BCUT2D eigenvalue weighted by Gasteiger charge is -2.36. The molecule has 2 saturated heterocycles. The van der Waals surface area contributed by atoms with Crippen LogP contribution in [0.1, 0.15) is 24.4 Å². The van der Waals surface area contributed by atoms with Crippen LogP contribution in [0.15, 0.2) is 30.3 Å². The average Bonchev–Trinajstić information content (AvgIpc) is 2.95. The predicted molar refractivity (Wildman–Crippen MR) is 77.5 cm³/mol. The van der Waals surface area contributed by atoms with E-state index in [2.05, 4.69) is 35.2 Å². The van der Waals surface area contributed by atoms with Crippen molar-refractivity contribution < 1.29 is 9.47 Å². The molecule has 4 heteroatoms. The first kappa shape index (κ1) is 14.8. The van der Waals surface area contributed by atoms with E-state index in [-0.39, 0.29) is 12.4 Å². The van der Waals surface area contributed by atoms with Crippen molar-refractivity contribution in [3.8, 4) is 0 Å². The van der Waals surface area contributed by atoms with Gasteiger partial charge in [0.15, 0.2) is 0 Å². The molecule has 106 valence electrons. The Hall–Kier alpha value is -0.610. The molecule has 2 fully saturated rings. The Balaban J connectivity index is 0.00000133. The Kier molecular flexibility index (Phi) is 5.64. The molecule has 0 saturated carbocycles. The molecule has 1 atom stereocenters. The largest absolute Gasteiger partial charge is 0.355 e. The van der Waals surface area contributed by atoms with Crippen LogP contribution in [0.25, 0.3) is 0 Å². The second-order valence-electron chi connectivity index (χ2n) is 5.22. The normalized spacial score (nSPS) is 22.9. The van der Waals surface area contributed by atoms with Crippen molar-refractivity contribution in [3.05, 3.63) is 35.9 Å². The standard InChI is InChI=1S/C15H21NO2.ClH/c1-2-6-13(7-3-1)15(16-8-4-5-9-16)14-10-17-12-18-11-14;/h1-3,6-7,14-15H,4-5,8-12H2;1H. The molecule has 0 N–H and O–H groups in total. The molecular formula is C15H22ClNO2. The van der Waals surface area contributed by atoms with Crippen LogP contribution in [0, 0.1) is 5.92 Å². The molecule has 0 amide bonds. The van der Waals surface area contributed by atoms with E-state index in [9.17, 15) is 0 Å². The fraction of sp³-hybridized carbons (Fsp3) is 0.600. The minimum absolute atomic E-state index is 0. The molecular weight excluding hydrogens is 262 g/mol. The van der Waals surface area contributed by atoms with Crippen molar-refractivity contribution in [2.24, 2.45) is 5.92 Å². The van der Waals surface area contributed by atoms with Crippen LogP contribution in [-0.4, -0.2) is 38.0 Å². The van der Waals surface area contributed by atoms with Gasteiger partial charge in [-0.15, -0.1) is 12.4 Å². The molecule has 3 rings (SSSR count). The van der Waals surface area contributed by atoms with E-state index in [0.717, 1.165) is 13.2 Å². The monoisotopic (exact) mass is 283 g/mol. The summed E-state index contributed by atoms with van der Waals surface area (Å²) in [6, 6.07) is 11.3. The van der Waals surface area contributed by atoms with Crippen LogP contribution < -0.4 is 0 Å². The second-order valence-corrected chi connectivity index (χ2v) is 5.22. The van der Waals surface area contributed by atoms with Gasteiger partial charge in [-0.05, 0) is 31.5 Å². The molecule has 2 aliphatic heterocycles. The zero-order valence-electron chi connectivity index (χ0n) is 11.2. The molecule has 2 aliphatic rings. The molecule has 19 heavy (non-hydrogen) atoms. The first-order chi connectivity index (χ1) is 8.95. The Morgan fingerprint density at radius 1 is 1.00 bits per heavy atom. The Bertz CT molecular complexity index is 362. The summed E-state index contributed by atoms with van der Waals surface area (Å²) in [7, 11) is 0. The highest BCUT2D eigenvalue weighted by atomic mass is 35.5.